The molecule has 4 N–H and O–H groups in total. The summed E-state index contributed by atoms with van der Waals surface area (Å²) in [5.41, 5.74) is 2.37. The number of rotatable bonds is 5. The van der Waals surface area contributed by atoms with Crippen LogP contribution in [-0.4, -0.2) is 64.3 Å². The topological polar surface area (TPSA) is 99.4 Å². The Hall–Kier alpha value is -0.760. The summed E-state index contributed by atoms with van der Waals surface area (Å²) in [7, 11) is 0. The highest BCUT2D eigenvalue weighted by Gasteiger charge is 2.44. The molecule has 6 nitrogen and oxygen atoms in total. The zero-order valence-corrected chi connectivity index (χ0v) is 13.8. The van der Waals surface area contributed by atoms with E-state index in [4.69, 9.17) is 9.47 Å². The van der Waals surface area contributed by atoms with Gasteiger partial charge in [-0.15, -0.1) is 0 Å². The van der Waals surface area contributed by atoms with Gasteiger partial charge >= 0.3 is 0 Å². The van der Waals surface area contributed by atoms with E-state index in [1.807, 2.05) is 6.92 Å². The molecule has 6 heteroatoms. The minimum atomic E-state index is -1.41. The highest BCUT2D eigenvalue weighted by atomic mass is 16.7. The van der Waals surface area contributed by atoms with Crippen LogP contribution in [-0.2, 0) is 9.47 Å². The van der Waals surface area contributed by atoms with Crippen LogP contribution in [0.5, 0.6) is 0 Å². The molecule has 7 atom stereocenters. The van der Waals surface area contributed by atoms with E-state index in [-0.39, 0.29) is 5.92 Å². The summed E-state index contributed by atoms with van der Waals surface area (Å²) in [5.74, 6) is 0.611. The van der Waals surface area contributed by atoms with Crippen LogP contribution in [0.15, 0.2) is 23.8 Å². The molecule has 1 aliphatic carbocycles. The Labute approximate surface area is 137 Å². The van der Waals surface area contributed by atoms with E-state index in [0.717, 1.165) is 18.4 Å². The second-order valence-corrected chi connectivity index (χ2v) is 6.69. The zero-order chi connectivity index (χ0) is 17.1. The van der Waals surface area contributed by atoms with E-state index < -0.39 is 37.3 Å². The molecule has 0 aromatic heterocycles. The fraction of sp³-hybridized carbons (Fsp3) is 0.765. The molecule has 0 aromatic rings. The minimum absolute atomic E-state index is 0.192. The molecule has 0 spiro atoms. The van der Waals surface area contributed by atoms with Crippen LogP contribution in [0.25, 0.3) is 0 Å². The van der Waals surface area contributed by atoms with Crippen molar-refractivity contribution in [2.75, 3.05) is 13.2 Å². The number of hydrogen-bond donors (Lipinski definition) is 4. The highest BCUT2D eigenvalue weighted by Crippen LogP contribution is 2.33. The maximum absolute atomic E-state index is 9.99. The smallest absolute Gasteiger partial charge is 0.186 e. The van der Waals surface area contributed by atoms with Crippen molar-refractivity contribution in [2.45, 2.75) is 57.4 Å². The van der Waals surface area contributed by atoms with Gasteiger partial charge < -0.3 is 29.9 Å². The molecule has 0 aromatic carbocycles. The van der Waals surface area contributed by atoms with Gasteiger partial charge in [0.1, 0.15) is 24.4 Å². The molecule has 0 saturated carbocycles. The monoisotopic (exact) mass is 328 g/mol. The third-order valence-corrected chi connectivity index (χ3v) is 4.94. The van der Waals surface area contributed by atoms with E-state index in [9.17, 15) is 20.4 Å². The molecule has 1 aliphatic heterocycles. The Morgan fingerprint density at radius 1 is 1.30 bits per heavy atom. The second-order valence-electron chi connectivity index (χ2n) is 6.69. The van der Waals surface area contributed by atoms with Gasteiger partial charge in [-0.05, 0) is 32.6 Å². The molecule has 1 saturated heterocycles. The fourth-order valence-electron chi connectivity index (χ4n) is 3.14. The van der Waals surface area contributed by atoms with E-state index in [0.29, 0.717) is 12.5 Å². The van der Waals surface area contributed by atoms with Crippen LogP contribution in [0.2, 0.25) is 0 Å². The van der Waals surface area contributed by atoms with Gasteiger partial charge in [0, 0.05) is 5.92 Å². The van der Waals surface area contributed by atoms with Crippen molar-refractivity contribution < 1.29 is 29.9 Å². The maximum Gasteiger partial charge on any atom is 0.186 e. The SMILES string of the molecule is C=C(C)[C@H]1CC=C(C)[C@H](CO[C@@H]2O[C@H](CO)[C@@H](O)[C@H](O)[C@H]2O)C1. The first-order valence-corrected chi connectivity index (χ1v) is 8.09. The number of aliphatic hydroxyl groups excluding tert-OH is 4. The van der Waals surface area contributed by atoms with Gasteiger partial charge in [-0.2, -0.15) is 0 Å². The third-order valence-electron chi connectivity index (χ3n) is 4.94. The molecule has 2 rings (SSSR count). The van der Waals surface area contributed by atoms with Crippen LogP contribution < -0.4 is 0 Å². The number of ether oxygens (including phenoxy) is 2. The predicted molar refractivity (Wildman–Crippen MR) is 84.5 cm³/mol. The van der Waals surface area contributed by atoms with Gasteiger partial charge in [-0.1, -0.05) is 23.8 Å². The second kappa shape index (κ2) is 7.88. The lowest BCUT2D eigenvalue weighted by atomic mass is 9.79. The van der Waals surface area contributed by atoms with E-state index in [1.165, 1.54) is 5.57 Å². The fourth-order valence-corrected chi connectivity index (χ4v) is 3.14. The van der Waals surface area contributed by atoms with Crippen molar-refractivity contribution in [1.29, 1.82) is 0 Å². The standard InChI is InChI=1S/C17H28O6/c1-9(2)11-5-4-10(3)12(6-11)8-22-17-16(21)15(20)14(19)13(7-18)23-17/h4,11-21H,1,5-8H2,2-3H3/t11-,12-,13+,14+,15-,16+,17+/m0/s1. The van der Waals surface area contributed by atoms with Gasteiger partial charge in [0.15, 0.2) is 6.29 Å². The summed E-state index contributed by atoms with van der Waals surface area (Å²) in [6, 6.07) is 0. The van der Waals surface area contributed by atoms with E-state index in [1.54, 1.807) is 0 Å². The van der Waals surface area contributed by atoms with Crippen LogP contribution in [0.4, 0.5) is 0 Å². The highest BCUT2D eigenvalue weighted by molar-refractivity contribution is 5.13. The lowest BCUT2D eigenvalue weighted by Gasteiger charge is -2.40. The van der Waals surface area contributed by atoms with E-state index in [2.05, 4.69) is 19.6 Å². The first kappa shape index (κ1) is 18.6. The van der Waals surface area contributed by atoms with Gasteiger partial charge in [0.2, 0.25) is 0 Å². The van der Waals surface area contributed by atoms with Crippen molar-refractivity contribution in [3.05, 3.63) is 23.8 Å². The Balaban J connectivity index is 1.95. The van der Waals surface area contributed by atoms with Crippen molar-refractivity contribution in [1.82, 2.24) is 0 Å². The lowest BCUT2D eigenvalue weighted by molar-refractivity contribution is -0.302. The molecule has 0 bridgehead atoms. The van der Waals surface area contributed by atoms with Gasteiger partial charge in [0.05, 0.1) is 13.2 Å². The molecule has 0 amide bonds. The van der Waals surface area contributed by atoms with Crippen LogP contribution in [0, 0.1) is 11.8 Å². The summed E-state index contributed by atoms with van der Waals surface area (Å²) in [6.45, 7) is 7.98. The zero-order valence-electron chi connectivity index (χ0n) is 13.8. The third kappa shape index (κ3) is 4.21. The largest absolute Gasteiger partial charge is 0.394 e. The van der Waals surface area contributed by atoms with Crippen LogP contribution in [0.3, 0.4) is 0 Å². The van der Waals surface area contributed by atoms with Crippen molar-refractivity contribution >= 4 is 0 Å². The number of allylic oxidation sites excluding steroid dienone is 2. The molecule has 1 fully saturated rings. The maximum atomic E-state index is 9.99. The Morgan fingerprint density at radius 2 is 2.00 bits per heavy atom. The van der Waals surface area contributed by atoms with Crippen LogP contribution in [0.1, 0.15) is 26.7 Å². The van der Waals surface area contributed by atoms with Crippen LogP contribution >= 0.6 is 0 Å². The Morgan fingerprint density at radius 3 is 2.61 bits per heavy atom. The van der Waals surface area contributed by atoms with Gasteiger partial charge in [-0.25, -0.2) is 0 Å². The molecular weight excluding hydrogens is 300 g/mol. The van der Waals surface area contributed by atoms with Gasteiger partial charge in [-0.3, -0.25) is 0 Å². The van der Waals surface area contributed by atoms with Crippen molar-refractivity contribution in [3.8, 4) is 0 Å². The summed E-state index contributed by atoms with van der Waals surface area (Å²) < 4.78 is 11.0. The lowest BCUT2D eigenvalue weighted by Crippen LogP contribution is -2.59. The Kier molecular flexibility index (Phi) is 6.36. The quantitative estimate of drug-likeness (QED) is 0.544. The van der Waals surface area contributed by atoms with Crippen molar-refractivity contribution in [3.63, 3.8) is 0 Å². The molecule has 0 unspecified atom stereocenters. The normalized spacial score (nSPS) is 41.5. The molecule has 1 heterocycles. The molecule has 2 aliphatic rings. The van der Waals surface area contributed by atoms with E-state index >= 15 is 0 Å². The molecular formula is C17H28O6. The summed E-state index contributed by atoms with van der Waals surface area (Å²) in [6.07, 6.45) is -2.03. The number of hydrogen-bond acceptors (Lipinski definition) is 6. The van der Waals surface area contributed by atoms with Crippen molar-refractivity contribution in [2.24, 2.45) is 11.8 Å². The molecule has 0 radical (unpaired) electrons. The summed E-state index contributed by atoms with van der Waals surface area (Å²) in [5, 5.41) is 38.7. The minimum Gasteiger partial charge on any atom is -0.394 e. The average Bonchev–Trinajstić information content (AvgIpc) is 2.53. The first-order chi connectivity index (χ1) is 10.8. The van der Waals surface area contributed by atoms with Gasteiger partial charge in [0.25, 0.3) is 0 Å². The summed E-state index contributed by atoms with van der Waals surface area (Å²) >= 11 is 0. The Bertz CT molecular complexity index is 446. The average molecular weight is 328 g/mol. The predicted octanol–water partition coefficient (Wildman–Crippen LogP) is 0.351. The molecule has 132 valence electrons. The first-order valence-electron chi connectivity index (χ1n) is 8.09. The molecule has 23 heavy (non-hydrogen) atoms. The number of aliphatic hydroxyl groups is 4. The summed E-state index contributed by atoms with van der Waals surface area (Å²) in [4.78, 5) is 0.